The number of thioether (sulfide) groups is 1. The Labute approximate surface area is 117 Å². The van der Waals surface area contributed by atoms with Gasteiger partial charge in [0, 0.05) is 17.2 Å². The van der Waals surface area contributed by atoms with Crippen molar-refractivity contribution in [2.45, 2.75) is 24.3 Å². The minimum absolute atomic E-state index is 0.214. The Balaban J connectivity index is 1.91. The van der Waals surface area contributed by atoms with Crippen LogP contribution in [-0.2, 0) is 9.59 Å². The van der Waals surface area contributed by atoms with Crippen molar-refractivity contribution in [3.05, 3.63) is 30.3 Å². The van der Waals surface area contributed by atoms with Crippen LogP contribution < -0.4 is 5.32 Å². The Morgan fingerprint density at radius 2 is 1.95 bits per heavy atom. The van der Waals surface area contributed by atoms with Crippen LogP contribution >= 0.6 is 11.8 Å². The Morgan fingerprint density at radius 3 is 2.63 bits per heavy atom. The molecule has 0 aromatic heterocycles. The molecule has 0 atom stereocenters. The van der Waals surface area contributed by atoms with Crippen molar-refractivity contribution in [2.24, 2.45) is 0 Å². The Hall–Kier alpha value is -1.33. The van der Waals surface area contributed by atoms with E-state index in [-0.39, 0.29) is 18.4 Å². The molecular weight excluding hydrogens is 260 g/mol. The molecule has 1 saturated heterocycles. The van der Waals surface area contributed by atoms with E-state index < -0.39 is 5.54 Å². The van der Waals surface area contributed by atoms with E-state index in [2.05, 4.69) is 17.4 Å². The highest BCUT2D eigenvalue weighted by molar-refractivity contribution is 7.99. The van der Waals surface area contributed by atoms with Gasteiger partial charge in [-0.3, -0.25) is 19.8 Å². The van der Waals surface area contributed by atoms with Crippen molar-refractivity contribution in [3.8, 4) is 0 Å². The molecule has 19 heavy (non-hydrogen) atoms. The topological polar surface area (TPSA) is 49.4 Å². The number of rotatable bonds is 4. The van der Waals surface area contributed by atoms with E-state index in [1.807, 2.05) is 36.9 Å². The predicted octanol–water partition coefficient (Wildman–Crippen LogP) is 1.52. The van der Waals surface area contributed by atoms with Gasteiger partial charge in [-0.2, -0.15) is 0 Å². The van der Waals surface area contributed by atoms with Crippen LogP contribution in [0.1, 0.15) is 13.8 Å². The molecule has 0 spiro atoms. The lowest BCUT2D eigenvalue weighted by atomic mass is 9.99. The molecule has 0 radical (unpaired) electrons. The highest BCUT2D eigenvalue weighted by Crippen LogP contribution is 2.21. The molecule has 1 aliphatic rings. The van der Waals surface area contributed by atoms with Crippen molar-refractivity contribution in [1.29, 1.82) is 0 Å². The summed E-state index contributed by atoms with van der Waals surface area (Å²) >= 11 is 1.73. The van der Waals surface area contributed by atoms with E-state index in [4.69, 9.17) is 0 Å². The summed E-state index contributed by atoms with van der Waals surface area (Å²) < 4.78 is 0. The number of nitrogens with one attached hydrogen (secondary N) is 1. The molecule has 2 amide bonds. The lowest BCUT2D eigenvalue weighted by Gasteiger charge is -2.40. The average molecular weight is 278 g/mol. The molecule has 4 nitrogen and oxygen atoms in total. The Morgan fingerprint density at radius 1 is 1.26 bits per heavy atom. The third-order valence-corrected chi connectivity index (χ3v) is 4.30. The molecule has 0 aliphatic carbocycles. The van der Waals surface area contributed by atoms with Gasteiger partial charge in [-0.05, 0) is 26.0 Å². The van der Waals surface area contributed by atoms with Gasteiger partial charge in [0.05, 0.1) is 12.1 Å². The van der Waals surface area contributed by atoms with Gasteiger partial charge in [0.2, 0.25) is 11.8 Å². The number of piperazine rings is 1. The van der Waals surface area contributed by atoms with E-state index >= 15 is 0 Å². The Kier molecular flexibility index (Phi) is 4.27. The minimum Gasteiger partial charge on any atom is -0.294 e. The van der Waals surface area contributed by atoms with Crippen LogP contribution in [-0.4, -0.2) is 41.1 Å². The number of benzene rings is 1. The summed E-state index contributed by atoms with van der Waals surface area (Å²) in [5, 5.41) is 2.38. The summed E-state index contributed by atoms with van der Waals surface area (Å²) in [6, 6.07) is 10.1. The van der Waals surface area contributed by atoms with Crippen molar-refractivity contribution >= 4 is 23.6 Å². The van der Waals surface area contributed by atoms with E-state index in [0.29, 0.717) is 6.54 Å². The van der Waals surface area contributed by atoms with Gasteiger partial charge in [-0.25, -0.2) is 0 Å². The van der Waals surface area contributed by atoms with E-state index in [0.717, 1.165) is 5.75 Å². The molecule has 1 fully saturated rings. The fourth-order valence-corrected chi connectivity index (χ4v) is 2.88. The van der Waals surface area contributed by atoms with Gasteiger partial charge in [0.25, 0.3) is 0 Å². The van der Waals surface area contributed by atoms with Gasteiger partial charge in [-0.15, -0.1) is 11.8 Å². The first kappa shape index (κ1) is 14.1. The van der Waals surface area contributed by atoms with Gasteiger partial charge >= 0.3 is 0 Å². The number of carbonyl (C=O) groups excluding carboxylic acids is 2. The first-order valence-electron chi connectivity index (χ1n) is 6.27. The van der Waals surface area contributed by atoms with Crippen LogP contribution in [0, 0.1) is 0 Å². The lowest BCUT2D eigenvalue weighted by molar-refractivity contribution is -0.144. The predicted molar refractivity (Wildman–Crippen MR) is 76.0 cm³/mol. The second-order valence-corrected chi connectivity index (χ2v) is 6.19. The number of hydrogen-bond acceptors (Lipinski definition) is 4. The number of imide groups is 1. The Bertz CT molecular complexity index is 474. The number of hydrogen-bond donors (Lipinski definition) is 1. The first-order valence-corrected chi connectivity index (χ1v) is 7.26. The number of amides is 2. The summed E-state index contributed by atoms with van der Waals surface area (Å²) in [6.45, 7) is 4.70. The summed E-state index contributed by atoms with van der Waals surface area (Å²) in [4.78, 5) is 26.4. The van der Waals surface area contributed by atoms with Crippen LogP contribution in [0.2, 0.25) is 0 Å². The second kappa shape index (κ2) is 5.75. The highest BCUT2D eigenvalue weighted by Gasteiger charge is 2.40. The van der Waals surface area contributed by atoms with Crippen LogP contribution in [0.4, 0.5) is 0 Å². The normalized spacial score (nSPS) is 19.3. The maximum atomic E-state index is 11.8. The van der Waals surface area contributed by atoms with Crippen LogP contribution in [0.3, 0.4) is 0 Å². The number of nitrogens with zero attached hydrogens (tertiary/aromatic N) is 1. The quantitative estimate of drug-likeness (QED) is 0.670. The van der Waals surface area contributed by atoms with Crippen molar-refractivity contribution in [1.82, 2.24) is 10.2 Å². The molecule has 102 valence electrons. The molecule has 1 aliphatic heterocycles. The molecule has 1 aromatic rings. The van der Waals surface area contributed by atoms with E-state index in [1.54, 1.807) is 11.8 Å². The highest BCUT2D eigenvalue weighted by atomic mass is 32.2. The molecule has 0 saturated carbocycles. The molecule has 0 unspecified atom stereocenters. The minimum atomic E-state index is -0.620. The second-order valence-electron chi connectivity index (χ2n) is 5.02. The van der Waals surface area contributed by atoms with Gasteiger partial charge in [0.1, 0.15) is 0 Å². The third-order valence-electron chi connectivity index (χ3n) is 3.31. The molecule has 1 aromatic carbocycles. The largest absolute Gasteiger partial charge is 0.294 e. The van der Waals surface area contributed by atoms with Gasteiger partial charge in [0.15, 0.2) is 0 Å². The van der Waals surface area contributed by atoms with Crippen LogP contribution in [0.5, 0.6) is 0 Å². The third kappa shape index (κ3) is 3.36. The van der Waals surface area contributed by atoms with Gasteiger partial charge < -0.3 is 0 Å². The zero-order valence-corrected chi connectivity index (χ0v) is 12.0. The monoisotopic (exact) mass is 278 g/mol. The fraction of sp³-hybridized carbons (Fsp3) is 0.429. The molecule has 2 rings (SSSR count). The maximum Gasteiger partial charge on any atom is 0.246 e. The molecular formula is C14H18N2O2S. The summed E-state index contributed by atoms with van der Waals surface area (Å²) in [5.74, 6) is 0.427. The van der Waals surface area contributed by atoms with Gasteiger partial charge in [-0.1, -0.05) is 18.2 Å². The zero-order valence-electron chi connectivity index (χ0n) is 11.2. The zero-order chi connectivity index (χ0) is 13.9. The average Bonchev–Trinajstić information content (AvgIpc) is 2.37. The smallest absolute Gasteiger partial charge is 0.246 e. The van der Waals surface area contributed by atoms with Crippen LogP contribution in [0.25, 0.3) is 0 Å². The van der Waals surface area contributed by atoms with E-state index in [9.17, 15) is 9.59 Å². The SMILES string of the molecule is CC1(C)C(=O)NC(=O)CN1CCSc1ccccc1. The maximum absolute atomic E-state index is 11.8. The standard InChI is InChI=1S/C14H18N2O2S/c1-14(2)13(18)15-12(17)10-16(14)8-9-19-11-6-4-3-5-7-11/h3-7H,8-10H2,1-2H3,(H,15,17,18). The molecule has 1 N–H and O–H groups in total. The van der Waals surface area contributed by atoms with Crippen molar-refractivity contribution in [3.63, 3.8) is 0 Å². The van der Waals surface area contributed by atoms with Crippen LogP contribution in [0.15, 0.2) is 35.2 Å². The number of carbonyl (C=O) groups is 2. The molecule has 1 heterocycles. The summed E-state index contributed by atoms with van der Waals surface area (Å²) in [5.41, 5.74) is -0.620. The first-order chi connectivity index (χ1) is 9.00. The fourth-order valence-electron chi connectivity index (χ4n) is 1.98. The van der Waals surface area contributed by atoms with Crippen molar-refractivity contribution < 1.29 is 9.59 Å². The summed E-state index contributed by atoms with van der Waals surface area (Å²) in [6.07, 6.45) is 0. The van der Waals surface area contributed by atoms with E-state index in [1.165, 1.54) is 4.90 Å². The molecule has 5 heteroatoms. The molecule has 0 bridgehead atoms. The van der Waals surface area contributed by atoms with Crippen molar-refractivity contribution in [2.75, 3.05) is 18.8 Å². The lowest BCUT2D eigenvalue weighted by Crippen LogP contribution is -2.64. The summed E-state index contributed by atoms with van der Waals surface area (Å²) in [7, 11) is 0.